The number of rotatable bonds is 4. The van der Waals surface area contributed by atoms with Gasteiger partial charge in [-0.05, 0) is 17.7 Å². The van der Waals surface area contributed by atoms with Gasteiger partial charge in [-0.25, -0.2) is 0 Å². The summed E-state index contributed by atoms with van der Waals surface area (Å²) in [6.07, 6.45) is 1.41. The highest BCUT2D eigenvalue weighted by Crippen LogP contribution is 2.05. The van der Waals surface area contributed by atoms with E-state index in [0.29, 0.717) is 5.56 Å². The number of nitrogens with one attached hydrogen (secondary N) is 2. The van der Waals surface area contributed by atoms with Crippen molar-refractivity contribution in [1.82, 2.24) is 10.3 Å². The van der Waals surface area contributed by atoms with Crippen LogP contribution < -0.4 is 16.6 Å². The van der Waals surface area contributed by atoms with Crippen molar-refractivity contribution in [2.45, 2.75) is 6.54 Å². The van der Waals surface area contributed by atoms with Crippen molar-refractivity contribution in [3.63, 3.8) is 0 Å². The van der Waals surface area contributed by atoms with Gasteiger partial charge in [0.2, 0.25) is 5.56 Å². The van der Waals surface area contributed by atoms with Gasteiger partial charge in [-0.2, -0.15) is 0 Å². The first-order chi connectivity index (χ1) is 10.1. The molecule has 0 aliphatic heterocycles. The number of pyridine rings is 1. The average Bonchev–Trinajstić information content (AvgIpc) is 2.52. The minimum Gasteiger partial charge on any atom is -0.409 e. The standard InChI is InChI=1S/C14H14N4O3/c15-13(18-21)10-3-1-2-9(6-10)8-17-14(20)11-4-5-16-12(19)7-11/h1-7,21H,8H2,(H2,15,18)(H,16,19)(H,17,20). The zero-order chi connectivity index (χ0) is 15.2. The summed E-state index contributed by atoms with van der Waals surface area (Å²) >= 11 is 0. The van der Waals surface area contributed by atoms with E-state index >= 15 is 0 Å². The number of carbonyl (C=O) groups is 1. The van der Waals surface area contributed by atoms with Crippen LogP contribution in [0.2, 0.25) is 0 Å². The van der Waals surface area contributed by atoms with Gasteiger partial charge in [-0.1, -0.05) is 23.4 Å². The van der Waals surface area contributed by atoms with Crippen LogP contribution in [0, 0.1) is 0 Å². The molecule has 0 aliphatic carbocycles. The van der Waals surface area contributed by atoms with Crippen LogP contribution in [0.4, 0.5) is 0 Å². The van der Waals surface area contributed by atoms with Crippen molar-refractivity contribution in [2.24, 2.45) is 10.9 Å². The van der Waals surface area contributed by atoms with E-state index in [1.165, 1.54) is 18.3 Å². The molecule has 0 radical (unpaired) electrons. The number of carbonyl (C=O) groups excluding carboxylic acids is 1. The molecule has 1 aromatic carbocycles. The van der Waals surface area contributed by atoms with Crippen LogP contribution in [0.15, 0.2) is 52.5 Å². The fourth-order valence-corrected chi connectivity index (χ4v) is 1.77. The first-order valence-corrected chi connectivity index (χ1v) is 6.14. The summed E-state index contributed by atoms with van der Waals surface area (Å²) in [5.41, 5.74) is 6.79. The molecule has 0 unspecified atom stereocenters. The molecule has 7 nitrogen and oxygen atoms in total. The van der Waals surface area contributed by atoms with E-state index in [4.69, 9.17) is 10.9 Å². The van der Waals surface area contributed by atoms with Gasteiger partial charge >= 0.3 is 0 Å². The Hall–Kier alpha value is -3.09. The molecule has 2 rings (SSSR count). The summed E-state index contributed by atoms with van der Waals surface area (Å²) < 4.78 is 0. The number of amides is 1. The minimum absolute atomic E-state index is 0.00207. The van der Waals surface area contributed by atoms with Gasteiger partial charge in [0.15, 0.2) is 5.84 Å². The Morgan fingerprint density at radius 2 is 2.10 bits per heavy atom. The number of amidine groups is 1. The highest BCUT2D eigenvalue weighted by atomic mass is 16.4. The van der Waals surface area contributed by atoms with Crippen LogP contribution >= 0.6 is 0 Å². The molecule has 2 aromatic rings. The molecule has 1 heterocycles. The lowest BCUT2D eigenvalue weighted by Crippen LogP contribution is -2.24. The number of oxime groups is 1. The van der Waals surface area contributed by atoms with Crippen molar-refractivity contribution in [3.05, 3.63) is 69.6 Å². The van der Waals surface area contributed by atoms with Gasteiger partial charge < -0.3 is 21.2 Å². The number of aromatic amines is 1. The summed E-state index contributed by atoms with van der Waals surface area (Å²) in [5.74, 6) is -0.354. The van der Waals surface area contributed by atoms with Crippen molar-refractivity contribution in [2.75, 3.05) is 0 Å². The molecule has 7 heteroatoms. The van der Waals surface area contributed by atoms with E-state index in [0.717, 1.165) is 5.56 Å². The summed E-state index contributed by atoms with van der Waals surface area (Å²) in [5, 5.41) is 14.2. The topological polar surface area (TPSA) is 121 Å². The maximum Gasteiger partial charge on any atom is 0.251 e. The Labute approximate surface area is 120 Å². The predicted molar refractivity (Wildman–Crippen MR) is 77.2 cm³/mol. The maximum absolute atomic E-state index is 11.9. The molecule has 0 saturated carbocycles. The summed E-state index contributed by atoms with van der Waals surface area (Å²) in [4.78, 5) is 25.5. The lowest BCUT2D eigenvalue weighted by Gasteiger charge is -2.06. The number of hydrogen-bond donors (Lipinski definition) is 4. The zero-order valence-corrected chi connectivity index (χ0v) is 11.0. The Morgan fingerprint density at radius 1 is 1.29 bits per heavy atom. The Balaban J connectivity index is 2.06. The van der Waals surface area contributed by atoms with Crippen molar-refractivity contribution < 1.29 is 10.0 Å². The fraction of sp³-hybridized carbons (Fsp3) is 0.0714. The van der Waals surface area contributed by atoms with Crippen LogP contribution in [0.3, 0.4) is 0 Å². The van der Waals surface area contributed by atoms with Crippen LogP contribution in [0.25, 0.3) is 0 Å². The SMILES string of the molecule is N/C(=N/O)c1cccc(CNC(=O)c2cc[nH]c(=O)c2)c1. The first-order valence-electron chi connectivity index (χ1n) is 6.14. The molecule has 1 amide bonds. The lowest BCUT2D eigenvalue weighted by molar-refractivity contribution is 0.0950. The van der Waals surface area contributed by atoms with E-state index in [-0.39, 0.29) is 29.4 Å². The van der Waals surface area contributed by atoms with Crippen molar-refractivity contribution in [3.8, 4) is 0 Å². The van der Waals surface area contributed by atoms with Gasteiger partial charge in [0.05, 0.1) is 0 Å². The molecular formula is C14H14N4O3. The number of hydrogen-bond acceptors (Lipinski definition) is 4. The van der Waals surface area contributed by atoms with Gasteiger partial charge in [0.1, 0.15) is 0 Å². The Morgan fingerprint density at radius 3 is 2.81 bits per heavy atom. The Bertz CT molecular complexity index is 737. The van der Waals surface area contributed by atoms with Crippen molar-refractivity contribution in [1.29, 1.82) is 0 Å². The molecule has 0 aliphatic rings. The molecular weight excluding hydrogens is 272 g/mol. The second-order valence-electron chi connectivity index (χ2n) is 4.31. The molecule has 0 saturated heterocycles. The quantitative estimate of drug-likeness (QED) is 0.281. The molecule has 5 N–H and O–H groups in total. The Kier molecular flexibility index (Phi) is 4.35. The third-order valence-corrected chi connectivity index (χ3v) is 2.82. The van der Waals surface area contributed by atoms with Crippen LogP contribution in [-0.4, -0.2) is 21.9 Å². The van der Waals surface area contributed by atoms with E-state index in [1.54, 1.807) is 24.3 Å². The number of H-pyrrole nitrogens is 1. The maximum atomic E-state index is 11.9. The summed E-state index contributed by atoms with van der Waals surface area (Å²) in [6.45, 7) is 0.262. The van der Waals surface area contributed by atoms with E-state index in [9.17, 15) is 9.59 Å². The van der Waals surface area contributed by atoms with Gasteiger partial charge in [-0.15, -0.1) is 0 Å². The average molecular weight is 286 g/mol. The number of nitrogens with zero attached hydrogens (tertiary/aromatic N) is 1. The van der Waals surface area contributed by atoms with Crippen LogP contribution in [0.1, 0.15) is 21.5 Å². The van der Waals surface area contributed by atoms with E-state index in [2.05, 4.69) is 15.5 Å². The monoisotopic (exact) mass is 286 g/mol. The lowest BCUT2D eigenvalue weighted by atomic mass is 10.1. The number of benzene rings is 1. The second kappa shape index (κ2) is 6.38. The normalized spacial score (nSPS) is 11.1. The highest BCUT2D eigenvalue weighted by molar-refractivity contribution is 5.97. The summed E-state index contributed by atoms with van der Waals surface area (Å²) in [6, 6.07) is 9.67. The van der Waals surface area contributed by atoms with Crippen LogP contribution in [-0.2, 0) is 6.54 Å². The molecule has 108 valence electrons. The third kappa shape index (κ3) is 3.69. The molecule has 0 atom stereocenters. The molecule has 0 bridgehead atoms. The smallest absolute Gasteiger partial charge is 0.251 e. The fourth-order valence-electron chi connectivity index (χ4n) is 1.77. The first kappa shape index (κ1) is 14.3. The largest absolute Gasteiger partial charge is 0.409 e. The van der Waals surface area contributed by atoms with E-state index < -0.39 is 0 Å². The highest BCUT2D eigenvalue weighted by Gasteiger charge is 2.06. The van der Waals surface area contributed by atoms with Crippen molar-refractivity contribution >= 4 is 11.7 Å². The van der Waals surface area contributed by atoms with Crippen LogP contribution in [0.5, 0.6) is 0 Å². The van der Waals surface area contributed by atoms with Gasteiger partial charge in [0.25, 0.3) is 5.91 Å². The molecule has 1 aromatic heterocycles. The predicted octanol–water partition coefficient (Wildman–Crippen LogP) is 0.399. The van der Waals surface area contributed by atoms with Gasteiger partial charge in [-0.3, -0.25) is 9.59 Å². The third-order valence-electron chi connectivity index (χ3n) is 2.82. The molecule has 21 heavy (non-hydrogen) atoms. The number of aromatic nitrogens is 1. The second-order valence-corrected chi connectivity index (χ2v) is 4.31. The molecule has 0 spiro atoms. The number of nitrogens with two attached hydrogens (primary N) is 1. The summed E-state index contributed by atoms with van der Waals surface area (Å²) in [7, 11) is 0. The molecule has 0 fully saturated rings. The van der Waals surface area contributed by atoms with E-state index in [1.807, 2.05) is 0 Å². The van der Waals surface area contributed by atoms with Gasteiger partial charge in [0, 0.05) is 29.9 Å². The zero-order valence-electron chi connectivity index (χ0n) is 11.0. The minimum atomic E-state index is -0.352.